The zero-order valence-corrected chi connectivity index (χ0v) is 55.2. The highest BCUT2D eigenvalue weighted by Crippen LogP contribution is 2.20. The Morgan fingerprint density at radius 2 is 1.01 bits per heavy atom. The van der Waals surface area contributed by atoms with Gasteiger partial charge in [0.15, 0.2) is 0 Å². The van der Waals surface area contributed by atoms with Gasteiger partial charge in [0.2, 0.25) is 59.1 Å². The van der Waals surface area contributed by atoms with Crippen LogP contribution in [0.1, 0.15) is 111 Å². The number of nitrogens with one attached hydrogen (secondary N) is 13. The van der Waals surface area contributed by atoms with Gasteiger partial charge in [0.25, 0.3) is 17.7 Å². The van der Waals surface area contributed by atoms with Crippen molar-refractivity contribution in [3.63, 3.8) is 0 Å². The van der Waals surface area contributed by atoms with Crippen molar-refractivity contribution < 1.29 is 72.5 Å². The van der Waals surface area contributed by atoms with E-state index >= 15 is 0 Å². The number of nitrogens with zero attached hydrogens (tertiary/aromatic N) is 1. The Morgan fingerprint density at radius 3 is 1.59 bits per heavy atom. The van der Waals surface area contributed by atoms with Gasteiger partial charge in [-0.05, 0) is 117 Å². The Morgan fingerprint density at radius 1 is 0.495 bits per heavy atom. The van der Waals surface area contributed by atoms with Crippen LogP contribution in [0.2, 0.25) is 0 Å². The molecule has 6 unspecified atom stereocenters. The highest BCUT2D eigenvalue weighted by molar-refractivity contribution is 6.06. The lowest BCUT2D eigenvalue weighted by Gasteiger charge is -2.27. The van der Waals surface area contributed by atoms with Crippen molar-refractivity contribution in [3.05, 3.63) is 185 Å². The van der Waals surface area contributed by atoms with Crippen LogP contribution in [0.5, 0.6) is 11.5 Å². The van der Waals surface area contributed by atoms with Crippen molar-refractivity contribution in [2.75, 3.05) is 26.2 Å². The van der Waals surface area contributed by atoms with Crippen molar-refractivity contribution in [1.82, 2.24) is 73.8 Å². The number of phenols is 2. The van der Waals surface area contributed by atoms with Gasteiger partial charge in [-0.1, -0.05) is 84.9 Å². The number of hydrogen-bond acceptors (Lipinski definition) is 17. The number of nitrogens with two attached hydrogens (primary N) is 2. The van der Waals surface area contributed by atoms with E-state index in [1.54, 1.807) is 48.5 Å². The highest BCUT2D eigenvalue weighted by atomic mass is 16.3. The van der Waals surface area contributed by atoms with Crippen molar-refractivity contribution >= 4 is 76.8 Å². The molecule has 532 valence electrons. The summed E-state index contributed by atoms with van der Waals surface area (Å²) in [6.45, 7) is -0.0835. The number of rotatable bonds is 14. The molecule has 5 aromatic carbocycles. The molecule has 2 aliphatic rings. The number of H-pyrrole nitrogens is 1. The minimum absolute atomic E-state index is 0.0328. The van der Waals surface area contributed by atoms with E-state index in [0.717, 1.165) is 18.2 Å². The first-order valence-electron chi connectivity index (χ1n) is 32.8. The summed E-state index contributed by atoms with van der Waals surface area (Å²) in [4.78, 5) is 195. The summed E-state index contributed by atoms with van der Waals surface area (Å²) in [6, 6.07) is 17.2. The van der Waals surface area contributed by atoms with Crippen molar-refractivity contribution in [2.45, 2.75) is 126 Å². The van der Waals surface area contributed by atoms with Crippen LogP contribution in [0.4, 0.5) is 0 Å². The standard InChI is InChI=1S/C70H82N16O15/c1-39-60(91)80-51-17-9-11-27-74-61(92)44-31-45(33-46(32-44)63(94)86-58(43-14-6-3-7-15-43)70(101)84-53(67(98)78-39)29-41-18-22-48(87)23-19-41)62(93)75-36-56(59(72)90)85-69(100)55(34-47-35-73-38-77-47)83-65(96)50(16-8-10-26-71)79-57(89)37-76-64(95)52(28-40-12-4-2-5-13-40)81-68(99)54(82-66(51)97)30-42-20-24-49(88)25-21-42/h2-7,12-15,18-25,31-33,35,38-39,50-56,58,87-88H,8-11,16-17,26-30,34,36-37,71H2,1H3,(H2,72,90)(H,73,77)(H,74,92)(H,75,93)(H,76,95)(H,78,98)(H,79,89)(H,80,91)(H,81,99)(H,82,97)(H,83,96)(H,84,101)(H,85,100)(H,86,94)/t39-,50-,51+,52?,53?,54?,55?,56?,58?/m1/s1. The Kier molecular flexibility index (Phi) is 27.0. The lowest BCUT2D eigenvalue weighted by molar-refractivity contribution is -0.135. The summed E-state index contributed by atoms with van der Waals surface area (Å²) in [5.74, 6) is -12.6. The largest absolute Gasteiger partial charge is 0.508 e. The molecule has 9 atom stereocenters. The maximum absolute atomic E-state index is 15.0. The van der Waals surface area contributed by atoms with E-state index in [0.29, 0.717) is 23.1 Å². The smallest absolute Gasteiger partial charge is 0.252 e. The van der Waals surface area contributed by atoms with Crippen LogP contribution < -0.4 is 75.3 Å². The summed E-state index contributed by atoms with van der Waals surface area (Å²) < 4.78 is 0. The van der Waals surface area contributed by atoms with Crippen LogP contribution in [-0.2, 0) is 73.6 Å². The molecule has 1 aromatic heterocycles. The number of amides is 13. The lowest BCUT2D eigenvalue weighted by atomic mass is 10.0. The molecule has 101 heavy (non-hydrogen) atoms. The predicted molar refractivity (Wildman–Crippen MR) is 364 cm³/mol. The van der Waals surface area contributed by atoms with Gasteiger partial charge in [0.05, 0.1) is 18.6 Å². The molecule has 19 N–H and O–H groups in total. The fraction of sp³-hybridized carbons (Fsp3) is 0.343. The highest BCUT2D eigenvalue weighted by Gasteiger charge is 2.36. The van der Waals surface area contributed by atoms with Gasteiger partial charge < -0.3 is 90.5 Å². The fourth-order valence-corrected chi connectivity index (χ4v) is 11.1. The van der Waals surface area contributed by atoms with E-state index in [1.807, 2.05) is 0 Å². The van der Waals surface area contributed by atoms with Crippen LogP contribution in [-0.4, -0.2) is 171 Å². The van der Waals surface area contributed by atoms with Crippen molar-refractivity contribution in [1.29, 1.82) is 0 Å². The van der Waals surface area contributed by atoms with Crippen molar-refractivity contribution in [2.24, 2.45) is 11.5 Å². The molecule has 0 saturated heterocycles. The molecule has 0 saturated carbocycles. The molecule has 0 aliphatic carbocycles. The number of aromatic amines is 1. The number of aromatic hydroxyl groups is 2. The molecule has 2 aliphatic heterocycles. The zero-order valence-electron chi connectivity index (χ0n) is 55.2. The number of benzene rings is 5. The molecule has 6 aromatic rings. The lowest BCUT2D eigenvalue weighted by Crippen LogP contribution is -2.60. The quantitative estimate of drug-likeness (QED) is 0.0555. The van der Waals surface area contributed by atoms with E-state index in [1.165, 1.54) is 80.1 Å². The number of primary amides is 1. The molecular weight excluding hydrogens is 1300 g/mol. The number of unbranched alkanes of at least 4 members (excludes halogenated alkanes) is 1. The van der Waals surface area contributed by atoms with E-state index in [4.69, 9.17) is 11.5 Å². The molecular formula is C70H82N16O15. The predicted octanol–water partition coefficient (Wildman–Crippen LogP) is -1.45. The van der Waals surface area contributed by atoms with Gasteiger partial charge in [0.1, 0.15) is 65.9 Å². The average Bonchev–Trinajstić information content (AvgIpc) is 1.18. The number of fused-ring (bicyclic) bond motifs is 8. The summed E-state index contributed by atoms with van der Waals surface area (Å²) in [7, 11) is 0. The van der Waals surface area contributed by atoms with Gasteiger partial charge in [-0.2, -0.15) is 0 Å². The third kappa shape index (κ3) is 22.5. The number of hydrogen-bond donors (Lipinski definition) is 17. The first-order chi connectivity index (χ1) is 48.5. The molecule has 8 rings (SSSR count). The molecule has 31 heteroatoms. The van der Waals surface area contributed by atoms with Gasteiger partial charge in [-0.25, -0.2) is 4.98 Å². The molecule has 4 bridgehead atoms. The zero-order chi connectivity index (χ0) is 72.5. The summed E-state index contributed by atoms with van der Waals surface area (Å²) in [5.41, 5.74) is 12.5. The number of carbonyl (C=O) groups is 13. The Hall–Kier alpha value is -12.0. The Bertz CT molecular complexity index is 3940. The molecule has 0 radical (unpaired) electrons. The Balaban J connectivity index is 1.22. The number of imidazole rings is 1. The SMILES string of the molecule is C[C@H]1NC(=O)C(Cc2ccc(O)cc2)NC(=O)C(c2ccccc2)NC(=O)c2cc3cc(c2)C(=O)NCC(C(N)=O)NC(=O)C(Cc2c[nH]cn2)NC(=O)[C@@H](CCCCN)NC(=O)CNC(=O)C(Cc2ccccc2)NC(=O)C(Cc2ccc(O)cc2)NC(=O)[C@H](CCCCNC3=O)NC1=O. The van der Waals surface area contributed by atoms with E-state index < -0.39 is 144 Å². The third-order valence-electron chi connectivity index (χ3n) is 16.7. The average molecular weight is 1390 g/mol. The summed E-state index contributed by atoms with van der Waals surface area (Å²) in [6.07, 6.45) is 2.39. The van der Waals surface area contributed by atoms with Gasteiger partial charge >= 0.3 is 0 Å². The second kappa shape index (κ2) is 36.5. The minimum Gasteiger partial charge on any atom is -0.508 e. The van der Waals surface area contributed by atoms with E-state index in [9.17, 15) is 72.5 Å². The van der Waals surface area contributed by atoms with Crippen LogP contribution in [0.25, 0.3) is 0 Å². The molecule has 0 spiro atoms. The molecule has 3 heterocycles. The maximum Gasteiger partial charge on any atom is 0.252 e. The monoisotopic (exact) mass is 1390 g/mol. The van der Waals surface area contributed by atoms with Crippen LogP contribution in [0.15, 0.2) is 140 Å². The second-order valence-electron chi connectivity index (χ2n) is 24.4. The maximum atomic E-state index is 15.0. The first kappa shape index (κ1) is 74.8. The van der Waals surface area contributed by atoms with E-state index in [-0.39, 0.29) is 110 Å². The number of aromatic nitrogens is 2. The molecule has 31 nitrogen and oxygen atoms in total. The first-order valence-corrected chi connectivity index (χ1v) is 32.8. The minimum atomic E-state index is -1.70. The van der Waals surface area contributed by atoms with Gasteiger partial charge in [-0.15, -0.1) is 0 Å². The normalized spacial score (nSPS) is 22.5. The van der Waals surface area contributed by atoms with Crippen LogP contribution >= 0.6 is 0 Å². The van der Waals surface area contributed by atoms with E-state index in [2.05, 4.69) is 73.8 Å². The van der Waals surface area contributed by atoms with Crippen LogP contribution in [0, 0.1) is 0 Å². The van der Waals surface area contributed by atoms with Crippen molar-refractivity contribution in [3.8, 4) is 11.5 Å². The Labute approximate surface area is 580 Å². The molecule has 0 fully saturated rings. The summed E-state index contributed by atoms with van der Waals surface area (Å²) in [5, 5.41) is 51.9. The van der Waals surface area contributed by atoms with Crippen LogP contribution in [0.3, 0.4) is 0 Å². The van der Waals surface area contributed by atoms with Gasteiger partial charge in [-0.3, -0.25) is 62.3 Å². The summed E-state index contributed by atoms with van der Waals surface area (Å²) >= 11 is 0. The third-order valence-corrected chi connectivity index (χ3v) is 16.7. The molecule has 13 amide bonds. The van der Waals surface area contributed by atoms with Gasteiger partial charge in [0, 0.05) is 61.7 Å². The topological polar surface area (TPSA) is 487 Å². The second-order valence-corrected chi connectivity index (χ2v) is 24.4. The number of phenolic OH excluding ortho intramolecular Hbond substituents is 2. The number of carbonyl (C=O) groups excluding carboxylic acids is 13. The fourth-order valence-electron chi connectivity index (χ4n) is 11.1.